The average molecular weight is 313 g/mol. The molecule has 0 aromatic heterocycles. The predicted molar refractivity (Wildman–Crippen MR) is 91.1 cm³/mol. The molecule has 1 fully saturated rings. The number of nitrogens with one attached hydrogen (secondary N) is 2. The van der Waals surface area contributed by atoms with Gasteiger partial charge in [0, 0.05) is 18.8 Å². The first kappa shape index (κ1) is 16.9. The number of nitrogens with zero attached hydrogens (tertiary/aromatic N) is 1. The molecule has 0 aliphatic carbocycles. The Balaban J connectivity index is 1.96. The highest BCUT2D eigenvalue weighted by Crippen LogP contribution is 2.17. The minimum Gasteiger partial charge on any atom is -0.376 e. The van der Waals surface area contributed by atoms with E-state index in [2.05, 4.69) is 23.5 Å². The van der Waals surface area contributed by atoms with Crippen LogP contribution in [0.15, 0.2) is 24.3 Å². The summed E-state index contributed by atoms with van der Waals surface area (Å²) < 4.78 is 0. The highest BCUT2D eigenvalue weighted by molar-refractivity contribution is 6.00. The number of piperidine rings is 1. The van der Waals surface area contributed by atoms with Gasteiger partial charge in [0.25, 0.3) is 5.91 Å². The van der Waals surface area contributed by atoms with Crippen LogP contribution >= 0.6 is 0 Å². The fraction of sp³-hybridized carbons (Fsp3) is 0.444. The van der Waals surface area contributed by atoms with E-state index < -0.39 is 0 Å². The van der Waals surface area contributed by atoms with Crippen molar-refractivity contribution < 1.29 is 9.59 Å². The van der Waals surface area contributed by atoms with Crippen molar-refractivity contribution in [1.29, 1.82) is 0 Å². The number of terminal acetylenes is 1. The standard InChI is InChI=1S/C18H23N3O2/c1-3-10-19-18(23)15-8-4-5-9-16(15)20-12-17(22)21-11-6-7-14(2)13-21/h1,4-5,8-9,14,20H,6-7,10-13H2,2H3,(H,19,23)/t14-/m1/s1. The molecular formula is C18H23N3O2. The van der Waals surface area contributed by atoms with Crippen LogP contribution in [-0.4, -0.2) is 42.9 Å². The molecule has 1 aromatic carbocycles. The Morgan fingerprint density at radius 3 is 2.91 bits per heavy atom. The maximum absolute atomic E-state index is 12.3. The summed E-state index contributed by atoms with van der Waals surface area (Å²) in [6.45, 7) is 4.15. The van der Waals surface area contributed by atoms with E-state index in [0.717, 1.165) is 19.5 Å². The topological polar surface area (TPSA) is 61.4 Å². The smallest absolute Gasteiger partial charge is 0.254 e. The summed E-state index contributed by atoms with van der Waals surface area (Å²) in [6, 6.07) is 7.11. The maximum atomic E-state index is 12.3. The number of likely N-dealkylation sites (tertiary alicyclic amines) is 1. The van der Waals surface area contributed by atoms with Gasteiger partial charge in [0.2, 0.25) is 5.91 Å². The van der Waals surface area contributed by atoms with Gasteiger partial charge in [0.1, 0.15) is 0 Å². The quantitative estimate of drug-likeness (QED) is 0.814. The van der Waals surface area contributed by atoms with Crippen LogP contribution in [0.4, 0.5) is 5.69 Å². The first-order chi connectivity index (χ1) is 11.1. The molecule has 5 heteroatoms. The Morgan fingerprint density at radius 2 is 2.17 bits per heavy atom. The van der Waals surface area contributed by atoms with Crippen molar-refractivity contribution >= 4 is 17.5 Å². The number of rotatable bonds is 5. The molecule has 2 rings (SSSR count). The van der Waals surface area contributed by atoms with Crippen LogP contribution in [-0.2, 0) is 4.79 Å². The van der Waals surface area contributed by atoms with Gasteiger partial charge in [-0.25, -0.2) is 0 Å². The molecule has 0 spiro atoms. The number of anilines is 1. The minimum atomic E-state index is -0.245. The molecule has 0 saturated carbocycles. The minimum absolute atomic E-state index is 0.0652. The molecule has 0 radical (unpaired) electrons. The van der Waals surface area contributed by atoms with Crippen molar-refractivity contribution in [2.24, 2.45) is 5.92 Å². The Kier molecular flexibility index (Phi) is 6.04. The molecule has 0 bridgehead atoms. The van der Waals surface area contributed by atoms with E-state index in [1.807, 2.05) is 11.0 Å². The first-order valence-electron chi connectivity index (χ1n) is 7.94. The molecule has 0 unspecified atom stereocenters. The van der Waals surface area contributed by atoms with Crippen LogP contribution < -0.4 is 10.6 Å². The molecule has 1 saturated heterocycles. The van der Waals surface area contributed by atoms with Crippen LogP contribution in [0.2, 0.25) is 0 Å². The summed E-state index contributed by atoms with van der Waals surface area (Å²) in [5.74, 6) is 2.74. The Morgan fingerprint density at radius 1 is 1.39 bits per heavy atom. The fourth-order valence-corrected chi connectivity index (χ4v) is 2.76. The van der Waals surface area contributed by atoms with Crippen LogP contribution in [0.3, 0.4) is 0 Å². The van der Waals surface area contributed by atoms with E-state index in [4.69, 9.17) is 6.42 Å². The Labute approximate surface area is 137 Å². The highest BCUT2D eigenvalue weighted by Gasteiger charge is 2.21. The van der Waals surface area contributed by atoms with Crippen molar-refractivity contribution in [3.05, 3.63) is 29.8 Å². The molecular weight excluding hydrogens is 290 g/mol. The molecule has 122 valence electrons. The summed E-state index contributed by atoms with van der Waals surface area (Å²) in [4.78, 5) is 26.3. The molecule has 1 atom stereocenters. The van der Waals surface area contributed by atoms with Gasteiger partial charge >= 0.3 is 0 Å². The predicted octanol–water partition coefficient (Wildman–Crippen LogP) is 1.72. The lowest BCUT2D eigenvalue weighted by molar-refractivity contribution is -0.130. The van der Waals surface area contributed by atoms with Gasteiger partial charge in [-0.05, 0) is 30.9 Å². The lowest BCUT2D eigenvalue weighted by Crippen LogP contribution is -2.42. The average Bonchev–Trinajstić information content (AvgIpc) is 2.57. The zero-order valence-corrected chi connectivity index (χ0v) is 13.5. The van der Waals surface area contributed by atoms with E-state index in [1.165, 1.54) is 6.42 Å². The van der Waals surface area contributed by atoms with Gasteiger partial charge in [0.05, 0.1) is 18.7 Å². The van der Waals surface area contributed by atoms with Gasteiger partial charge in [-0.15, -0.1) is 6.42 Å². The normalized spacial score (nSPS) is 17.2. The number of hydrogen-bond donors (Lipinski definition) is 2. The summed E-state index contributed by atoms with van der Waals surface area (Å²) in [5, 5.41) is 5.71. The van der Waals surface area contributed by atoms with Gasteiger partial charge < -0.3 is 15.5 Å². The third-order valence-electron chi connectivity index (χ3n) is 3.96. The van der Waals surface area contributed by atoms with E-state index >= 15 is 0 Å². The molecule has 1 aliphatic rings. The van der Waals surface area contributed by atoms with Crippen molar-refractivity contribution in [3.63, 3.8) is 0 Å². The van der Waals surface area contributed by atoms with Gasteiger partial charge in [-0.2, -0.15) is 0 Å². The molecule has 2 amide bonds. The second-order valence-corrected chi connectivity index (χ2v) is 5.87. The third kappa shape index (κ3) is 4.75. The van der Waals surface area contributed by atoms with Gasteiger partial charge in [-0.3, -0.25) is 9.59 Å². The monoisotopic (exact) mass is 313 g/mol. The maximum Gasteiger partial charge on any atom is 0.254 e. The second-order valence-electron chi connectivity index (χ2n) is 5.87. The molecule has 1 aromatic rings. The van der Waals surface area contributed by atoms with Crippen molar-refractivity contribution in [3.8, 4) is 12.3 Å². The largest absolute Gasteiger partial charge is 0.376 e. The molecule has 2 N–H and O–H groups in total. The number of benzene rings is 1. The Hall–Kier alpha value is -2.48. The van der Waals surface area contributed by atoms with Crippen molar-refractivity contribution in [1.82, 2.24) is 10.2 Å². The summed E-state index contributed by atoms with van der Waals surface area (Å²) in [5.41, 5.74) is 1.13. The third-order valence-corrected chi connectivity index (χ3v) is 3.96. The zero-order chi connectivity index (χ0) is 16.7. The van der Waals surface area contributed by atoms with Crippen molar-refractivity contribution in [2.45, 2.75) is 19.8 Å². The van der Waals surface area contributed by atoms with Crippen LogP contribution in [0.1, 0.15) is 30.1 Å². The zero-order valence-electron chi connectivity index (χ0n) is 13.5. The number of amides is 2. The van der Waals surface area contributed by atoms with Crippen LogP contribution in [0, 0.1) is 18.3 Å². The molecule has 5 nitrogen and oxygen atoms in total. The van der Waals surface area contributed by atoms with Gasteiger partial charge in [0.15, 0.2) is 0 Å². The van der Waals surface area contributed by atoms with Crippen LogP contribution in [0.5, 0.6) is 0 Å². The highest BCUT2D eigenvalue weighted by atomic mass is 16.2. The van der Waals surface area contributed by atoms with E-state index in [1.54, 1.807) is 18.2 Å². The first-order valence-corrected chi connectivity index (χ1v) is 7.94. The number of para-hydroxylation sites is 1. The number of carbonyl (C=O) groups excluding carboxylic acids is 2. The molecule has 23 heavy (non-hydrogen) atoms. The second kappa shape index (κ2) is 8.23. The SMILES string of the molecule is C#CCNC(=O)c1ccccc1NCC(=O)N1CCC[C@@H](C)C1. The van der Waals surface area contributed by atoms with Gasteiger partial charge in [-0.1, -0.05) is 25.0 Å². The lowest BCUT2D eigenvalue weighted by atomic mass is 10.0. The number of carbonyl (C=O) groups is 2. The van der Waals surface area contributed by atoms with E-state index in [-0.39, 0.29) is 24.9 Å². The van der Waals surface area contributed by atoms with Crippen LogP contribution in [0.25, 0.3) is 0 Å². The lowest BCUT2D eigenvalue weighted by Gasteiger charge is -2.31. The van der Waals surface area contributed by atoms with E-state index in [0.29, 0.717) is 17.2 Å². The summed E-state index contributed by atoms with van der Waals surface area (Å²) in [6.07, 6.45) is 7.38. The van der Waals surface area contributed by atoms with Crippen molar-refractivity contribution in [2.75, 3.05) is 31.5 Å². The summed E-state index contributed by atoms with van der Waals surface area (Å²) >= 11 is 0. The number of hydrogen-bond acceptors (Lipinski definition) is 3. The Bertz CT molecular complexity index is 607. The molecule has 1 heterocycles. The summed E-state index contributed by atoms with van der Waals surface area (Å²) in [7, 11) is 0. The molecule has 1 aliphatic heterocycles. The fourth-order valence-electron chi connectivity index (χ4n) is 2.76. The van der Waals surface area contributed by atoms with E-state index in [9.17, 15) is 9.59 Å².